The lowest BCUT2D eigenvalue weighted by atomic mass is 9.95. The van der Waals surface area contributed by atoms with E-state index in [0.717, 1.165) is 17.0 Å². The first-order chi connectivity index (χ1) is 13.2. The minimum absolute atomic E-state index is 0.0186. The first-order valence-electron chi connectivity index (χ1n) is 9.52. The minimum atomic E-state index is -1.13. The maximum absolute atomic E-state index is 10.4. The fourth-order valence-corrected chi connectivity index (χ4v) is 5.82. The summed E-state index contributed by atoms with van der Waals surface area (Å²) < 4.78 is 0. The lowest BCUT2D eigenvalue weighted by molar-refractivity contribution is 0.0696. The summed E-state index contributed by atoms with van der Waals surface area (Å²) in [5, 5.41) is 20.7. The van der Waals surface area contributed by atoms with Gasteiger partial charge in [-0.25, -0.2) is 9.59 Å². The van der Waals surface area contributed by atoms with E-state index in [0.29, 0.717) is 9.52 Å². The van der Waals surface area contributed by atoms with Gasteiger partial charge in [0.05, 0.1) is 11.1 Å². The molecule has 3 rings (SSSR count). The normalized spacial score (nSPS) is 19.9. The topological polar surface area (TPSA) is 86.6 Å². The Labute approximate surface area is 169 Å². The van der Waals surface area contributed by atoms with Gasteiger partial charge >= 0.3 is 11.9 Å². The van der Waals surface area contributed by atoms with E-state index < -0.39 is 11.9 Å². The second kappa shape index (κ2) is 12.0. The molecule has 1 aromatic rings. The van der Waals surface area contributed by atoms with Gasteiger partial charge in [-0.15, -0.1) is 0 Å². The average Bonchev–Trinajstić information content (AvgIpc) is 2.94. The van der Waals surface area contributed by atoms with Crippen LogP contribution in [0, 0.1) is 5.92 Å². The zero-order chi connectivity index (χ0) is 21.0. The quantitative estimate of drug-likeness (QED) is 0.637. The van der Waals surface area contributed by atoms with Crippen LogP contribution < -0.4 is 5.32 Å². The highest BCUT2D eigenvalue weighted by atomic mass is 28.2. The van der Waals surface area contributed by atoms with Crippen LogP contribution in [-0.2, 0) is 0 Å². The second-order valence-corrected chi connectivity index (χ2v) is 10.9. The molecule has 1 aromatic carbocycles. The molecule has 0 bridgehead atoms. The molecule has 0 spiro atoms. The number of hydrogen-bond donors (Lipinski definition) is 3. The molecule has 1 saturated heterocycles. The fourth-order valence-electron chi connectivity index (χ4n) is 3.27. The van der Waals surface area contributed by atoms with Gasteiger partial charge in [-0.2, -0.15) is 0 Å². The molecule has 2 aliphatic heterocycles. The zero-order valence-corrected chi connectivity index (χ0v) is 18.3. The monoisotopic (exact) mass is 401 g/mol. The fraction of sp³-hybridized carbons (Fsp3) is 0.364. The van der Waals surface area contributed by atoms with Crippen LogP contribution in [0.1, 0.15) is 54.3 Å². The number of rotatable bonds is 2. The Kier molecular flexibility index (Phi) is 10.0. The molecule has 6 heteroatoms. The van der Waals surface area contributed by atoms with Gasteiger partial charge in [0.15, 0.2) is 0 Å². The van der Waals surface area contributed by atoms with Crippen LogP contribution in [-0.4, -0.2) is 31.7 Å². The SMILES string of the molecule is C1=CC=CNC=C1.CC1CC[SiH2]C(C)(C)C1.O=C(O)c1cccc(C(=O)O)c1. The third-order valence-electron chi connectivity index (χ3n) is 4.53. The molecule has 28 heavy (non-hydrogen) atoms. The van der Waals surface area contributed by atoms with Gasteiger partial charge < -0.3 is 15.5 Å². The van der Waals surface area contributed by atoms with E-state index in [1.165, 1.54) is 31.0 Å². The smallest absolute Gasteiger partial charge is 0.335 e. The molecule has 0 aliphatic carbocycles. The van der Waals surface area contributed by atoms with Crippen molar-refractivity contribution >= 4 is 21.5 Å². The van der Waals surface area contributed by atoms with E-state index in [1.54, 1.807) is 6.04 Å². The van der Waals surface area contributed by atoms with Crippen molar-refractivity contribution in [3.8, 4) is 0 Å². The third-order valence-corrected chi connectivity index (χ3v) is 6.93. The molecule has 0 saturated carbocycles. The van der Waals surface area contributed by atoms with Crippen molar-refractivity contribution in [2.24, 2.45) is 5.92 Å². The summed E-state index contributed by atoms with van der Waals surface area (Å²) in [7, 11) is 0.305. The number of carbonyl (C=O) groups is 2. The molecule has 1 atom stereocenters. The highest BCUT2D eigenvalue weighted by Gasteiger charge is 2.25. The summed E-state index contributed by atoms with van der Waals surface area (Å²) in [6.45, 7) is 7.30. The maximum atomic E-state index is 10.4. The van der Waals surface area contributed by atoms with Crippen molar-refractivity contribution in [1.82, 2.24) is 5.32 Å². The predicted molar refractivity (Wildman–Crippen MR) is 117 cm³/mol. The lowest BCUT2D eigenvalue weighted by Crippen LogP contribution is -2.21. The van der Waals surface area contributed by atoms with Crippen LogP contribution in [0.15, 0.2) is 61.0 Å². The van der Waals surface area contributed by atoms with Crippen LogP contribution >= 0.6 is 0 Å². The molecule has 2 heterocycles. The Balaban J connectivity index is 0.000000218. The molecular formula is C22H31NO4Si. The van der Waals surface area contributed by atoms with Gasteiger partial charge in [-0.05, 0) is 47.7 Å². The van der Waals surface area contributed by atoms with Crippen molar-refractivity contribution in [2.75, 3.05) is 0 Å². The van der Waals surface area contributed by atoms with Gasteiger partial charge in [0.2, 0.25) is 0 Å². The second-order valence-electron chi connectivity index (χ2n) is 7.83. The third kappa shape index (κ3) is 9.92. The van der Waals surface area contributed by atoms with E-state index >= 15 is 0 Å². The Bertz CT molecular complexity index is 695. The number of hydrogen-bond acceptors (Lipinski definition) is 3. The van der Waals surface area contributed by atoms with Crippen LogP contribution in [0.4, 0.5) is 0 Å². The van der Waals surface area contributed by atoms with Gasteiger partial charge in [0, 0.05) is 21.9 Å². The summed E-state index contributed by atoms with van der Waals surface area (Å²) >= 11 is 0. The number of allylic oxidation sites excluding steroid dienone is 4. The molecule has 152 valence electrons. The van der Waals surface area contributed by atoms with Gasteiger partial charge in [0.25, 0.3) is 0 Å². The lowest BCUT2D eigenvalue weighted by Gasteiger charge is -2.32. The molecule has 5 nitrogen and oxygen atoms in total. The number of aromatic carboxylic acids is 2. The highest BCUT2D eigenvalue weighted by molar-refractivity contribution is 6.40. The number of nitrogens with one attached hydrogen (secondary N) is 1. The number of carboxylic acid groups (broad SMARTS) is 2. The van der Waals surface area contributed by atoms with E-state index in [2.05, 4.69) is 26.1 Å². The van der Waals surface area contributed by atoms with Gasteiger partial charge in [-0.3, -0.25) is 0 Å². The zero-order valence-electron chi connectivity index (χ0n) is 16.9. The molecule has 2 aliphatic rings. The molecule has 0 aromatic heterocycles. The average molecular weight is 402 g/mol. The summed E-state index contributed by atoms with van der Waals surface area (Å²) in [6, 6.07) is 6.79. The van der Waals surface area contributed by atoms with Crippen LogP contribution in [0.3, 0.4) is 0 Å². The highest BCUT2D eigenvalue weighted by Crippen LogP contribution is 2.38. The number of benzene rings is 1. The Hall–Kier alpha value is -2.60. The number of carboxylic acids is 2. The summed E-state index contributed by atoms with van der Waals surface area (Å²) in [4.78, 5) is 20.8. The summed E-state index contributed by atoms with van der Waals surface area (Å²) in [6.07, 6.45) is 14.6. The van der Waals surface area contributed by atoms with E-state index in [1.807, 2.05) is 36.7 Å². The first kappa shape index (κ1) is 23.4. The van der Waals surface area contributed by atoms with E-state index in [9.17, 15) is 9.59 Å². The predicted octanol–water partition coefficient (Wildman–Crippen LogP) is 4.46. The van der Waals surface area contributed by atoms with Crippen LogP contribution in [0.25, 0.3) is 0 Å². The van der Waals surface area contributed by atoms with Crippen LogP contribution in [0.2, 0.25) is 11.1 Å². The van der Waals surface area contributed by atoms with Crippen molar-refractivity contribution in [2.45, 2.75) is 44.7 Å². The Morgan fingerprint density at radius 2 is 1.57 bits per heavy atom. The largest absolute Gasteiger partial charge is 0.478 e. The summed E-state index contributed by atoms with van der Waals surface area (Å²) in [5.41, 5.74) is -0.0372. The van der Waals surface area contributed by atoms with E-state index in [4.69, 9.17) is 10.2 Å². The molecular weight excluding hydrogens is 370 g/mol. The van der Waals surface area contributed by atoms with Gasteiger partial charge in [0.1, 0.15) is 0 Å². The molecule has 1 unspecified atom stereocenters. The molecule has 0 amide bonds. The van der Waals surface area contributed by atoms with Crippen molar-refractivity contribution in [3.63, 3.8) is 0 Å². The molecule has 1 fully saturated rings. The van der Waals surface area contributed by atoms with Crippen molar-refractivity contribution in [1.29, 1.82) is 0 Å². The summed E-state index contributed by atoms with van der Waals surface area (Å²) in [5.74, 6) is -1.24. The minimum Gasteiger partial charge on any atom is -0.478 e. The van der Waals surface area contributed by atoms with Gasteiger partial charge in [-0.1, -0.05) is 51.5 Å². The van der Waals surface area contributed by atoms with Crippen LogP contribution in [0.5, 0.6) is 0 Å². The van der Waals surface area contributed by atoms with Crippen molar-refractivity contribution in [3.05, 3.63) is 72.1 Å². The van der Waals surface area contributed by atoms with E-state index in [-0.39, 0.29) is 11.1 Å². The molecule has 0 radical (unpaired) electrons. The molecule has 3 N–H and O–H groups in total. The standard InChI is InChI=1S/C8H6O4.C8H18Si.C6H7N/c9-7(10)5-2-1-3-6(4-5)8(11)12;1-7-4-5-9-8(2,3)6-7;1-2-4-6-7-5-3-1/h1-4H,(H,9,10)(H,11,12);7H,4-6,9H2,1-3H3;1-7H. The first-order valence-corrected chi connectivity index (χ1v) is 11.2. The Morgan fingerprint density at radius 1 is 1.04 bits per heavy atom. The maximum Gasteiger partial charge on any atom is 0.335 e. The Morgan fingerprint density at radius 3 is 1.96 bits per heavy atom. The van der Waals surface area contributed by atoms with Crippen molar-refractivity contribution < 1.29 is 19.8 Å².